The summed E-state index contributed by atoms with van der Waals surface area (Å²) in [5.41, 5.74) is 0. The molecule has 12 heavy (non-hydrogen) atoms. The van der Waals surface area contributed by atoms with Gasteiger partial charge in [0.15, 0.2) is 0 Å². The lowest BCUT2D eigenvalue weighted by molar-refractivity contribution is -0.274. The lowest BCUT2D eigenvalue weighted by Gasteiger charge is -2.07. The highest BCUT2D eigenvalue weighted by Crippen LogP contribution is 2.24. The quantitative estimate of drug-likeness (QED) is 0.732. The maximum atomic E-state index is 11.6. The summed E-state index contributed by atoms with van der Waals surface area (Å²) in [6, 6.07) is 6.38. The Balaban J connectivity index is 2.77. The number of ether oxygens (including phenoxy) is 1. The Morgan fingerprint density at radius 3 is 2.58 bits per heavy atom. The van der Waals surface area contributed by atoms with Gasteiger partial charge in [0.05, 0.1) is 0 Å². The van der Waals surface area contributed by atoms with E-state index >= 15 is 0 Å². The van der Waals surface area contributed by atoms with Gasteiger partial charge in [-0.3, -0.25) is 0 Å². The van der Waals surface area contributed by atoms with Crippen LogP contribution in [-0.4, -0.2) is 6.36 Å². The van der Waals surface area contributed by atoms with Crippen LogP contribution in [0.2, 0.25) is 0 Å². The van der Waals surface area contributed by atoms with Crippen LogP contribution in [0.5, 0.6) is 5.75 Å². The van der Waals surface area contributed by atoms with E-state index in [1.54, 1.807) is 6.07 Å². The zero-order chi connectivity index (χ0) is 9.19. The molecule has 1 aromatic rings. The summed E-state index contributed by atoms with van der Waals surface area (Å²) in [5, 5.41) is 0. The van der Waals surface area contributed by atoms with Crippen LogP contribution in [0.15, 0.2) is 22.7 Å². The normalized spacial score (nSPS) is 11.3. The van der Waals surface area contributed by atoms with Gasteiger partial charge in [0.1, 0.15) is 5.75 Å². The molecule has 0 bridgehead atoms. The Hall–Kier alpha value is -0.710. The van der Waals surface area contributed by atoms with Gasteiger partial charge in [0.2, 0.25) is 0 Å². The molecule has 0 aliphatic rings. The minimum absolute atomic E-state index is 0.350. The standard InChI is InChI=1S/C7H3BrF3O/c8-5-2-1-3-6(4-5)12-7(9,10)11/h1-2,4H. The van der Waals surface area contributed by atoms with E-state index in [1.807, 2.05) is 0 Å². The van der Waals surface area contributed by atoms with Crippen molar-refractivity contribution in [3.8, 4) is 5.75 Å². The molecule has 1 aromatic carbocycles. The molecule has 0 N–H and O–H groups in total. The van der Waals surface area contributed by atoms with Crippen molar-refractivity contribution in [2.45, 2.75) is 6.36 Å². The van der Waals surface area contributed by atoms with E-state index in [1.165, 1.54) is 12.1 Å². The van der Waals surface area contributed by atoms with E-state index in [2.05, 4.69) is 26.7 Å². The van der Waals surface area contributed by atoms with Crippen LogP contribution >= 0.6 is 15.9 Å². The van der Waals surface area contributed by atoms with Gasteiger partial charge < -0.3 is 4.74 Å². The summed E-state index contributed by atoms with van der Waals surface area (Å²) < 4.78 is 39.0. The molecular formula is C7H3BrF3O. The highest BCUT2D eigenvalue weighted by molar-refractivity contribution is 9.10. The molecule has 0 unspecified atom stereocenters. The highest BCUT2D eigenvalue weighted by Gasteiger charge is 2.31. The summed E-state index contributed by atoms with van der Waals surface area (Å²) in [4.78, 5) is 0. The van der Waals surface area contributed by atoms with Gasteiger partial charge in [-0.1, -0.05) is 15.9 Å². The fraction of sp³-hybridized carbons (Fsp3) is 0.143. The van der Waals surface area contributed by atoms with Crippen molar-refractivity contribution in [1.29, 1.82) is 0 Å². The molecule has 0 heterocycles. The van der Waals surface area contributed by atoms with E-state index in [4.69, 9.17) is 0 Å². The average Bonchev–Trinajstić information content (AvgIpc) is 1.82. The van der Waals surface area contributed by atoms with Crippen molar-refractivity contribution < 1.29 is 17.9 Å². The van der Waals surface area contributed by atoms with E-state index < -0.39 is 6.36 Å². The van der Waals surface area contributed by atoms with Gasteiger partial charge in [0.25, 0.3) is 0 Å². The number of hydrogen-bond donors (Lipinski definition) is 0. The Kier molecular flexibility index (Phi) is 2.62. The lowest BCUT2D eigenvalue weighted by atomic mass is 10.3. The number of benzene rings is 1. The van der Waals surface area contributed by atoms with Gasteiger partial charge in [-0.2, -0.15) is 0 Å². The number of alkyl halides is 3. The second-order valence-electron chi connectivity index (χ2n) is 1.92. The summed E-state index contributed by atoms with van der Waals surface area (Å²) in [5.74, 6) is -0.350. The summed E-state index contributed by atoms with van der Waals surface area (Å²) in [6.45, 7) is 0. The van der Waals surface area contributed by atoms with Gasteiger partial charge in [0, 0.05) is 10.5 Å². The Morgan fingerprint density at radius 1 is 1.42 bits per heavy atom. The van der Waals surface area contributed by atoms with Crippen molar-refractivity contribution in [2.75, 3.05) is 0 Å². The first-order valence-electron chi connectivity index (χ1n) is 2.90. The van der Waals surface area contributed by atoms with Crippen LogP contribution in [0.1, 0.15) is 0 Å². The molecule has 1 nitrogen and oxygen atoms in total. The zero-order valence-electron chi connectivity index (χ0n) is 5.65. The Morgan fingerprint density at radius 2 is 2.08 bits per heavy atom. The number of hydrogen-bond acceptors (Lipinski definition) is 1. The van der Waals surface area contributed by atoms with Crippen LogP contribution in [0, 0.1) is 6.07 Å². The molecule has 0 saturated carbocycles. The minimum Gasteiger partial charge on any atom is -0.405 e. The molecule has 65 valence electrons. The molecular weight excluding hydrogens is 237 g/mol. The molecule has 0 aliphatic heterocycles. The second-order valence-corrected chi connectivity index (χ2v) is 2.83. The Labute approximate surface area is 75.3 Å². The summed E-state index contributed by atoms with van der Waals surface area (Å²) in [7, 11) is 0. The average molecular weight is 240 g/mol. The number of halogens is 4. The van der Waals surface area contributed by atoms with Crippen LogP contribution in [0.4, 0.5) is 13.2 Å². The predicted molar refractivity (Wildman–Crippen MR) is 39.7 cm³/mol. The van der Waals surface area contributed by atoms with Crippen LogP contribution < -0.4 is 4.74 Å². The zero-order valence-corrected chi connectivity index (χ0v) is 7.24. The van der Waals surface area contributed by atoms with Gasteiger partial charge in [-0.15, -0.1) is 13.2 Å². The molecule has 5 heteroatoms. The monoisotopic (exact) mass is 239 g/mol. The molecule has 0 amide bonds. The minimum atomic E-state index is -4.66. The summed E-state index contributed by atoms with van der Waals surface area (Å²) >= 11 is 3.00. The van der Waals surface area contributed by atoms with E-state index in [0.29, 0.717) is 4.47 Å². The molecule has 0 saturated heterocycles. The first kappa shape index (κ1) is 9.38. The van der Waals surface area contributed by atoms with E-state index in [0.717, 1.165) is 0 Å². The third kappa shape index (κ3) is 3.13. The topological polar surface area (TPSA) is 9.23 Å². The Bertz CT molecular complexity index is 272. The second kappa shape index (κ2) is 3.35. The maximum Gasteiger partial charge on any atom is 0.573 e. The largest absolute Gasteiger partial charge is 0.573 e. The third-order valence-electron chi connectivity index (χ3n) is 0.963. The first-order valence-corrected chi connectivity index (χ1v) is 3.70. The first-order chi connectivity index (χ1) is 5.47. The van der Waals surface area contributed by atoms with Crippen molar-refractivity contribution in [1.82, 2.24) is 0 Å². The van der Waals surface area contributed by atoms with Crippen molar-refractivity contribution in [3.05, 3.63) is 28.7 Å². The molecule has 0 atom stereocenters. The van der Waals surface area contributed by atoms with Crippen molar-refractivity contribution in [3.63, 3.8) is 0 Å². The van der Waals surface area contributed by atoms with Gasteiger partial charge in [-0.25, -0.2) is 0 Å². The van der Waals surface area contributed by atoms with Crippen LogP contribution in [0.25, 0.3) is 0 Å². The molecule has 0 aromatic heterocycles. The van der Waals surface area contributed by atoms with Crippen LogP contribution in [0.3, 0.4) is 0 Å². The molecule has 0 spiro atoms. The fourth-order valence-corrected chi connectivity index (χ4v) is 0.942. The maximum absolute atomic E-state index is 11.6. The van der Waals surface area contributed by atoms with Gasteiger partial charge >= 0.3 is 6.36 Å². The highest BCUT2D eigenvalue weighted by atomic mass is 79.9. The SMILES string of the molecule is FC(F)(F)Oc1[c]ccc(Br)c1. The smallest absolute Gasteiger partial charge is 0.405 e. The lowest BCUT2D eigenvalue weighted by Crippen LogP contribution is -2.17. The molecule has 1 radical (unpaired) electrons. The summed E-state index contributed by atoms with van der Waals surface area (Å²) in [6.07, 6.45) is -4.66. The molecule has 0 fully saturated rings. The van der Waals surface area contributed by atoms with Crippen molar-refractivity contribution >= 4 is 15.9 Å². The molecule has 1 rings (SSSR count). The van der Waals surface area contributed by atoms with Crippen molar-refractivity contribution in [2.24, 2.45) is 0 Å². The fourth-order valence-electron chi connectivity index (χ4n) is 0.602. The van der Waals surface area contributed by atoms with Crippen LogP contribution in [-0.2, 0) is 0 Å². The third-order valence-corrected chi connectivity index (χ3v) is 1.46. The van der Waals surface area contributed by atoms with E-state index in [-0.39, 0.29) is 5.75 Å². The predicted octanol–water partition coefficient (Wildman–Crippen LogP) is 3.15. The van der Waals surface area contributed by atoms with Gasteiger partial charge in [-0.05, 0) is 18.2 Å². The van der Waals surface area contributed by atoms with E-state index in [9.17, 15) is 13.2 Å². The number of rotatable bonds is 1. The molecule has 0 aliphatic carbocycles.